The quantitative estimate of drug-likeness (QED) is 0.685. The van der Waals surface area contributed by atoms with Gasteiger partial charge in [-0.2, -0.15) is 0 Å². The molecular formula is C19H25N3O5S. The van der Waals surface area contributed by atoms with E-state index in [2.05, 4.69) is 9.71 Å². The van der Waals surface area contributed by atoms with Crippen LogP contribution in [-0.2, 0) is 14.8 Å². The summed E-state index contributed by atoms with van der Waals surface area (Å²) >= 11 is 0. The molecule has 1 aromatic heterocycles. The molecular weight excluding hydrogens is 382 g/mol. The molecule has 1 N–H and O–H groups in total. The van der Waals surface area contributed by atoms with Crippen molar-refractivity contribution < 1.29 is 22.7 Å². The molecule has 0 aliphatic rings. The van der Waals surface area contributed by atoms with Crippen molar-refractivity contribution in [2.24, 2.45) is 0 Å². The monoisotopic (exact) mass is 407 g/mol. The molecule has 0 atom stereocenters. The minimum Gasteiger partial charge on any atom is -0.494 e. The number of methoxy groups -OCH3 is 2. The minimum atomic E-state index is -4.05. The van der Waals surface area contributed by atoms with Crippen LogP contribution in [0.15, 0.2) is 47.6 Å². The van der Waals surface area contributed by atoms with Crippen LogP contribution in [0.3, 0.4) is 0 Å². The number of rotatable bonds is 9. The number of aromatic nitrogens is 1. The standard InChI is InChI=1S/C19H25N3O5S/c1-14(2)22(11-12-26-3)19(23)15-7-5-6-8-18(15)28(24,25)21-16-13-20-10-9-17(16)27-4/h5-10,13-14,21H,11-12H2,1-4H3. The second kappa shape index (κ2) is 9.52. The molecule has 8 nitrogen and oxygen atoms in total. The number of sulfonamides is 1. The highest BCUT2D eigenvalue weighted by atomic mass is 32.2. The first-order chi connectivity index (χ1) is 13.3. The second-order valence-electron chi connectivity index (χ2n) is 6.26. The van der Waals surface area contributed by atoms with Crippen molar-refractivity contribution in [3.05, 3.63) is 48.3 Å². The Labute approximate surface area is 165 Å². The minimum absolute atomic E-state index is 0.0858. The van der Waals surface area contributed by atoms with E-state index in [0.717, 1.165) is 0 Å². The first-order valence-corrected chi connectivity index (χ1v) is 10.2. The molecule has 1 heterocycles. The Morgan fingerprint density at radius 2 is 1.93 bits per heavy atom. The molecule has 9 heteroatoms. The van der Waals surface area contributed by atoms with Gasteiger partial charge in [-0.15, -0.1) is 0 Å². The molecule has 1 aromatic carbocycles. The van der Waals surface area contributed by atoms with E-state index in [1.54, 1.807) is 30.2 Å². The number of nitrogens with zero attached hydrogens (tertiary/aromatic N) is 2. The van der Waals surface area contributed by atoms with Crippen molar-refractivity contribution in [2.45, 2.75) is 24.8 Å². The van der Waals surface area contributed by atoms with Crippen LogP contribution in [0.2, 0.25) is 0 Å². The van der Waals surface area contributed by atoms with Crippen LogP contribution in [-0.4, -0.2) is 57.6 Å². The highest BCUT2D eigenvalue weighted by molar-refractivity contribution is 7.92. The number of ether oxygens (including phenoxy) is 2. The van der Waals surface area contributed by atoms with Gasteiger partial charge in [0.25, 0.3) is 15.9 Å². The van der Waals surface area contributed by atoms with E-state index in [1.807, 2.05) is 13.8 Å². The average molecular weight is 407 g/mol. The second-order valence-corrected chi connectivity index (χ2v) is 7.91. The largest absolute Gasteiger partial charge is 0.494 e. The zero-order valence-corrected chi connectivity index (χ0v) is 17.2. The third-order valence-electron chi connectivity index (χ3n) is 4.07. The number of carbonyl (C=O) groups excluding carboxylic acids is 1. The number of carbonyl (C=O) groups is 1. The molecule has 1 amide bonds. The molecule has 0 aliphatic heterocycles. The van der Waals surface area contributed by atoms with Crippen molar-refractivity contribution in [1.82, 2.24) is 9.88 Å². The van der Waals surface area contributed by atoms with Crippen molar-refractivity contribution in [2.75, 3.05) is 32.1 Å². The lowest BCUT2D eigenvalue weighted by Gasteiger charge is -2.27. The first-order valence-electron chi connectivity index (χ1n) is 8.71. The van der Waals surface area contributed by atoms with E-state index in [4.69, 9.17) is 9.47 Å². The van der Waals surface area contributed by atoms with Crippen LogP contribution in [0.25, 0.3) is 0 Å². The highest BCUT2D eigenvalue weighted by Crippen LogP contribution is 2.27. The number of hydrogen-bond donors (Lipinski definition) is 1. The van der Waals surface area contributed by atoms with Crippen molar-refractivity contribution in [3.8, 4) is 5.75 Å². The lowest BCUT2D eigenvalue weighted by molar-refractivity contribution is 0.0631. The molecule has 0 aliphatic carbocycles. The molecule has 2 rings (SSSR count). The van der Waals surface area contributed by atoms with Gasteiger partial charge in [0, 0.05) is 32.0 Å². The molecule has 0 spiro atoms. The SMILES string of the molecule is COCCN(C(=O)c1ccccc1S(=O)(=O)Nc1cnccc1OC)C(C)C. The lowest BCUT2D eigenvalue weighted by Crippen LogP contribution is -2.40. The molecule has 0 saturated heterocycles. The van der Waals surface area contributed by atoms with Crippen molar-refractivity contribution in [1.29, 1.82) is 0 Å². The third kappa shape index (κ3) is 4.99. The summed E-state index contributed by atoms with van der Waals surface area (Å²) in [4.78, 5) is 18.4. The van der Waals surface area contributed by atoms with E-state index in [1.165, 1.54) is 31.6 Å². The molecule has 0 bridgehead atoms. The summed E-state index contributed by atoms with van der Waals surface area (Å²) in [6.45, 7) is 4.43. The number of anilines is 1. The summed E-state index contributed by atoms with van der Waals surface area (Å²) in [6, 6.07) is 7.52. The lowest BCUT2D eigenvalue weighted by atomic mass is 10.1. The van der Waals surface area contributed by atoms with E-state index in [-0.39, 0.29) is 28.1 Å². The van der Waals surface area contributed by atoms with Gasteiger partial charge >= 0.3 is 0 Å². The Morgan fingerprint density at radius 1 is 1.21 bits per heavy atom. The van der Waals surface area contributed by atoms with E-state index in [9.17, 15) is 13.2 Å². The van der Waals surface area contributed by atoms with Crippen LogP contribution in [0.1, 0.15) is 24.2 Å². The summed E-state index contributed by atoms with van der Waals surface area (Å²) in [5.74, 6) is -0.0579. The average Bonchev–Trinajstić information content (AvgIpc) is 2.68. The summed E-state index contributed by atoms with van der Waals surface area (Å²) in [5, 5.41) is 0. The zero-order chi connectivity index (χ0) is 20.7. The van der Waals surface area contributed by atoms with Crippen LogP contribution < -0.4 is 9.46 Å². The fourth-order valence-corrected chi connectivity index (χ4v) is 3.91. The molecule has 0 fully saturated rings. The van der Waals surface area contributed by atoms with E-state index >= 15 is 0 Å². The summed E-state index contributed by atoms with van der Waals surface area (Å²) < 4.78 is 38.7. The summed E-state index contributed by atoms with van der Waals surface area (Å²) in [7, 11) is -1.07. The van der Waals surface area contributed by atoms with E-state index < -0.39 is 10.0 Å². The van der Waals surface area contributed by atoms with Crippen molar-refractivity contribution in [3.63, 3.8) is 0 Å². The van der Waals surface area contributed by atoms with Gasteiger partial charge in [-0.3, -0.25) is 14.5 Å². The fraction of sp³-hybridized carbons (Fsp3) is 0.368. The molecule has 28 heavy (non-hydrogen) atoms. The number of amides is 1. The zero-order valence-electron chi connectivity index (χ0n) is 16.4. The Hall–Kier alpha value is -2.65. The highest BCUT2D eigenvalue weighted by Gasteiger charge is 2.27. The van der Waals surface area contributed by atoms with Crippen LogP contribution >= 0.6 is 0 Å². The predicted octanol–water partition coefficient (Wildman–Crippen LogP) is 2.39. The van der Waals surface area contributed by atoms with Crippen molar-refractivity contribution >= 4 is 21.6 Å². The van der Waals surface area contributed by atoms with Crippen LogP contribution in [0, 0.1) is 0 Å². The van der Waals surface area contributed by atoms with Gasteiger partial charge in [-0.25, -0.2) is 8.42 Å². The van der Waals surface area contributed by atoms with Crippen LogP contribution in [0.5, 0.6) is 5.75 Å². The molecule has 2 aromatic rings. The Kier molecular flexibility index (Phi) is 7.36. The van der Waals surface area contributed by atoms with Gasteiger partial charge in [0.2, 0.25) is 0 Å². The summed E-state index contributed by atoms with van der Waals surface area (Å²) in [5.41, 5.74) is 0.273. The maximum Gasteiger partial charge on any atom is 0.262 e. The smallest absolute Gasteiger partial charge is 0.262 e. The Bertz CT molecular complexity index is 915. The third-order valence-corrected chi connectivity index (χ3v) is 5.50. The number of benzene rings is 1. The first kappa shape index (κ1) is 21.6. The fourth-order valence-electron chi connectivity index (χ4n) is 2.65. The maximum absolute atomic E-state index is 13.1. The number of pyridine rings is 1. The van der Waals surface area contributed by atoms with Gasteiger partial charge in [0.1, 0.15) is 16.3 Å². The topological polar surface area (TPSA) is 97.8 Å². The Morgan fingerprint density at radius 3 is 2.57 bits per heavy atom. The van der Waals surface area contributed by atoms with Gasteiger partial charge in [-0.05, 0) is 26.0 Å². The van der Waals surface area contributed by atoms with Gasteiger partial charge < -0.3 is 14.4 Å². The number of nitrogens with one attached hydrogen (secondary N) is 1. The predicted molar refractivity (Wildman–Crippen MR) is 106 cm³/mol. The maximum atomic E-state index is 13.1. The van der Waals surface area contributed by atoms with Gasteiger partial charge in [0.05, 0.1) is 25.5 Å². The molecule has 152 valence electrons. The van der Waals surface area contributed by atoms with E-state index in [0.29, 0.717) is 18.9 Å². The molecule has 0 saturated carbocycles. The molecule has 0 radical (unpaired) electrons. The summed E-state index contributed by atoms with van der Waals surface area (Å²) in [6.07, 6.45) is 2.84. The number of hydrogen-bond acceptors (Lipinski definition) is 6. The normalized spacial score (nSPS) is 11.3. The molecule has 0 unspecified atom stereocenters. The van der Waals surface area contributed by atoms with Gasteiger partial charge in [0.15, 0.2) is 0 Å². The Balaban J connectivity index is 2.43. The van der Waals surface area contributed by atoms with Gasteiger partial charge in [-0.1, -0.05) is 12.1 Å². The van der Waals surface area contributed by atoms with Crippen LogP contribution in [0.4, 0.5) is 5.69 Å².